The Hall–Kier alpha value is -1.73. The number of fused-ring (bicyclic) bond motifs is 1. The fraction of sp³-hybridized carbons (Fsp3) is 0.308. The van der Waals surface area contributed by atoms with Gasteiger partial charge in [0.15, 0.2) is 0 Å². The van der Waals surface area contributed by atoms with Crippen molar-refractivity contribution in [2.45, 2.75) is 19.6 Å². The fourth-order valence-corrected chi connectivity index (χ4v) is 2.80. The molecule has 0 N–H and O–H groups in total. The van der Waals surface area contributed by atoms with Crippen LogP contribution < -0.4 is 0 Å². The summed E-state index contributed by atoms with van der Waals surface area (Å²) in [6.45, 7) is 3.30. The van der Waals surface area contributed by atoms with E-state index in [1.54, 1.807) is 12.1 Å². The number of hydrogen-bond donors (Lipinski definition) is 0. The number of nitro groups is 1. The number of benzene rings is 1. The third-order valence-corrected chi connectivity index (χ3v) is 4.11. The number of nitro benzene ring substituents is 1. The van der Waals surface area contributed by atoms with Gasteiger partial charge < -0.3 is 4.57 Å². The molecule has 1 aliphatic heterocycles. The van der Waals surface area contributed by atoms with Gasteiger partial charge in [0.05, 0.1) is 15.9 Å². The van der Waals surface area contributed by atoms with E-state index in [1.165, 1.54) is 0 Å². The van der Waals surface area contributed by atoms with E-state index in [-0.39, 0.29) is 10.6 Å². The minimum absolute atomic E-state index is 0.112. The van der Waals surface area contributed by atoms with Gasteiger partial charge in [0, 0.05) is 38.1 Å². The van der Waals surface area contributed by atoms with Gasteiger partial charge in [-0.3, -0.25) is 15.0 Å². The first-order valence-corrected chi connectivity index (χ1v) is 7.08. The molecule has 1 aromatic heterocycles. The minimum atomic E-state index is -0.365. The van der Waals surface area contributed by atoms with Gasteiger partial charge in [0.25, 0.3) is 5.69 Å². The lowest BCUT2D eigenvalue weighted by atomic mass is 10.2. The number of imidazole rings is 1. The predicted octanol–water partition coefficient (Wildman–Crippen LogP) is 2.57. The van der Waals surface area contributed by atoms with Crippen LogP contribution in [0.4, 0.5) is 5.69 Å². The normalized spacial score (nSPS) is 15.1. The molecule has 0 aliphatic carbocycles. The zero-order chi connectivity index (χ0) is 14.1. The lowest BCUT2D eigenvalue weighted by molar-refractivity contribution is -0.385. The third-order valence-electron chi connectivity index (χ3n) is 3.44. The van der Waals surface area contributed by atoms with Crippen LogP contribution in [0.5, 0.6) is 0 Å². The Kier molecular flexibility index (Phi) is 3.54. The van der Waals surface area contributed by atoms with Crippen molar-refractivity contribution in [3.8, 4) is 0 Å². The summed E-state index contributed by atoms with van der Waals surface area (Å²) in [5.74, 6) is 1.04. The van der Waals surface area contributed by atoms with Crippen molar-refractivity contribution in [3.05, 3.63) is 56.6 Å². The van der Waals surface area contributed by atoms with Crippen LogP contribution in [-0.2, 0) is 19.6 Å². The standard InChI is InChI=1S/C13H13BrN4O2/c14-11-2-1-10(7-12(11)18(19)20)8-16-5-6-17-4-3-15-13(17)9-16/h1-4,7H,5-6,8-9H2. The van der Waals surface area contributed by atoms with Crippen molar-refractivity contribution in [2.24, 2.45) is 0 Å². The Labute approximate surface area is 124 Å². The molecule has 20 heavy (non-hydrogen) atoms. The molecule has 0 bridgehead atoms. The highest BCUT2D eigenvalue weighted by atomic mass is 79.9. The summed E-state index contributed by atoms with van der Waals surface area (Å²) in [7, 11) is 0. The van der Waals surface area contributed by atoms with Gasteiger partial charge in [-0.05, 0) is 27.6 Å². The van der Waals surface area contributed by atoms with E-state index >= 15 is 0 Å². The fourth-order valence-electron chi connectivity index (χ4n) is 2.41. The van der Waals surface area contributed by atoms with Gasteiger partial charge in [-0.1, -0.05) is 6.07 Å². The molecule has 0 spiro atoms. The maximum absolute atomic E-state index is 10.9. The zero-order valence-electron chi connectivity index (χ0n) is 10.7. The molecule has 1 aliphatic rings. The quantitative estimate of drug-likeness (QED) is 0.638. The van der Waals surface area contributed by atoms with Crippen molar-refractivity contribution in [2.75, 3.05) is 6.54 Å². The second-order valence-electron chi connectivity index (χ2n) is 4.79. The molecule has 0 unspecified atom stereocenters. The monoisotopic (exact) mass is 336 g/mol. The van der Waals surface area contributed by atoms with Crippen molar-refractivity contribution in [1.82, 2.24) is 14.5 Å². The van der Waals surface area contributed by atoms with Gasteiger partial charge in [0.1, 0.15) is 5.82 Å². The molecule has 6 nitrogen and oxygen atoms in total. The van der Waals surface area contributed by atoms with Gasteiger partial charge in [-0.2, -0.15) is 0 Å². The first-order chi connectivity index (χ1) is 9.63. The van der Waals surface area contributed by atoms with Crippen molar-refractivity contribution in [3.63, 3.8) is 0 Å². The third kappa shape index (κ3) is 2.59. The van der Waals surface area contributed by atoms with Crippen molar-refractivity contribution in [1.29, 1.82) is 0 Å². The average molecular weight is 337 g/mol. The Bertz CT molecular complexity index is 656. The second-order valence-corrected chi connectivity index (χ2v) is 5.64. The van der Waals surface area contributed by atoms with E-state index in [4.69, 9.17) is 0 Å². The Morgan fingerprint density at radius 2 is 2.25 bits per heavy atom. The number of aromatic nitrogens is 2. The molecule has 0 saturated heterocycles. The molecule has 0 atom stereocenters. The minimum Gasteiger partial charge on any atom is -0.333 e. The largest absolute Gasteiger partial charge is 0.333 e. The number of nitrogens with zero attached hydrogens (tertiary/aromatic N) is 4. The van der Waals surface area contributed by atoms with E-state index in [0.717, 1.165) is 31.0 Å². The number of rotatable bonds is 3. The molecular weight excluding hydrogens is 324 g/mol. The summed E-state index contributed by atoms with van der Waals surface area (Å²) in [5, 5.41) is 10.9. The highest BCUT2D eigenvalue weighted by Gasteiger charge is 2.18. The van der Waals surface area contributed by atoms with Crippen LogP contribution in [0.1, 0.15) is 11.4 Å². The molecule has 2 aromatic rings. The highest BCUT2D eigenvalue weighted by Crippen LogP contribution is 2.26. The summed E-state index contributed by atoms with van der Waals surface area (Å²) in [5.41, 5.74) is 1.06. The molecule has 0 radical (unpaired) electrons. The topological polar surface area (TPSA) is 64.2 Å². The van der Waals surface area contributed by atoms with Crippen LogP contribution in [0.3, 0.4) is 0 Å². The maximum atomic E-state index is 10.9. The lowest BCUT2D eigenvalue weighted by Crippen LogP contribution is -2.33. The van der Waals surface area contributed by atoms with Crippen LogP contribution in [0.15, 0.2) is 35.1 Å². The van der Waals surface area contributed by atoms with Gasteiger partial charge in [0.2, 0.25) is 0 Å². The SMILES string of the molecule is O=[N+]([O-])c1cc(CN2CCn3ccnc3C2)ccc1Br. The molecule has 7 heteroatoms. The highest BCUT2D eigenvalue weighted by molar-refractivity contribution is 9.10. The second kappa shape index (κ2) is 5.34. The number of hydrogen-bond acceptors (Lipinski definition) is 4. The van der Waals surface area contributed by atoms with Crippen LogP contribution >= 0.6 is 15.9 Å². The van der Waals surface area contributed by atoms with Crippen molar-refractivity contribution < 1.29 is 4.92 Å². The molecule has 0 fully saturated rings. The smallest absolute Gasteiger partial charge is 0.283 e. The molecule has 0 saturated carbocycles. The van der Waals surface area contributed by atoms with Gasteiger partial charge in [-0.25, -0.2) is 4.98 Å². The van der Waals surface area contributed by atoms with E-state index in [2.05, 4.69) is 30.4 Å². The first kappa shape index (κ1) is 13.3. The first-order valence-electron chi connectivity index (χ1n) is 6.28. The van der Waals surface area contributed by atoms with E-state index in [9.17, 15) is 10.1 Å². The molecule has 1 aromatic carbocycles. The van der Waals surface area contributed by atoms with Crippen LogP contribution in [0.2, 0.25) is 0 Å². The zero-order valence-corrected chi connectivity index (χ0v) is 12.3. The summed E-state index contributed by atoms with van der Waals surface area (Å²) in [6, 6.07) is 5.28. The molecule has 3 rings (SSSR count). The van der Waals surface area contributed by atoms with Gasteiger partial charge in [-0.15, -0.1) is 0 Å². The predicted molar refractivity (Wildman–Crippen MR) is 77.1 cm³/mol. The molecule has 2 heterocycles. The molecule has 0 amide bonds. The van der Waals surface area contributed by atoms with Crippen LogP contribution in [0.25, 0.3) is 0 Å². The van der Waals surface area contributed by atoms with Crippen LogP contribution in [-0.4, -0.2) is 25.9 Å². The Morgan fingerprint density at radius 1 is 1.40 bits per heavy atom. The van der Waals surface area contributed by atoms with Crippen LogP contribution in [0, 0.1) is 10.1 Å². The van der Waals surface area contributed by atoms with Gasteiger partial charge >= 0.3 is 0 Å². The molecular formula is C13H13BrN4O2. The Balaban J connectivity index is 1.76. The average Bonchev–Trinajstić information content (AvgIpc) is 2.88. The lowest BCUT2D eigenvalue weighted by Gasteiger charge is -2.27. The maximum Gasteiger partial charge on any atom is 0.283 e. The van der Waals surface area contributed by atoms with E-state index < -0.39 is 0 Å². The summed E-state index contributed by atoms with van der Waals surface area (Å²) >= 11 is 3.20. The van der Waals surface area contributed by atoms with E-state index in [0.29, 0.717) is 11.0 Å². The summed E-state index contributed by atoms with van der Waals surface area (Å²) in [6.07, 6.45) is 3.79. The Morgan fingerprint density at radius 3 is 3.05 bits per heavy atom. The summed E-state index contributed by atoms with van der Waals surface area (Å²) < 4.78 is 2.65. The summed E-state index contributed by atoms with van der Waals surface area (Å²) in [4.78, 5) is 17.1. The number of halogens is 1. The molecule has 104 valence electrons. The van der Waals surface area contributed by atoms with Crippen molar-refractivity contribution >= 4 is 21.6 Å². The van der Waals surface area contributed by atoms with E-state index in [1.807, 2.05) is 18.5 Å².